The maximum absolute atomic E-state index is 12.4. The molecule has 1 atom stereocenters. The molecule has 4 rings (SSSR count). The number of benzene rings is 1. The molecular weight excluding hydrogens is 513 g/mol. The van der Waals surface area contributed by atoms with E-state index in [1.165, 1.54) is 23.5 Å². The molecule has 10 heteroatoms. The van der Waals surface area contributed by atoms with E-state index < -0.39 is 11.8 Å². The number of amides is 2. The molecule has 0 saturated carbocycles. The summed E-state index contributed by atoms with van der Waals surface area (Å²) in [6.07, 6.45) is 5.52. The first-order chi connectivity index (χ1) is 16.2. The summed E-state index contributed by atoms with van der Waals surface area (Å²) in [6, 6.07) is 8.71. The van der Waals surface area contributed by atoms with Crippen LogP contribution in [0, 0.1) is 5.92 Å². The molecule has 0 aliphatic heterocycles. The van der Waals surface area contributed by atoms with Crippen molar-refractivity contribution in [2.45, 2.75) is 26.2 Å². The predicted octanol–water partition coefficient (Wildman–Crippen LogP) is 6.07. The number of carbonyl (C=O) groups excluding carboxylic acids is 2. The maximum Gasteiger partial charge on any atom is 0.251 e. The van der Waals surface area contributed by atoms with Gasteiger partial charge in [0.25, 0.3) is 5.91 Å². The molecule has 1 aliphatic rings. The molecule has 4 N–H and O–H groups in total. The normalized spacial score (nSPS) is 15.2. The summed E-state index contributed by atoms with van der Waals surface area (Å²) in [6.45, 7) is 2.18. The lowest BCUT2D eigenvalue weighted by atomic mass is 9.88. The summed E-state index contributed by atoms with van der Waals surface area (Å²) < 4.78 is 5.75. The standard InChI is InChI=1S/C24H21Cl2N3O3S2/c1-12-5-8-15-18(11-12)34-23(20(15)22(27)31)29-24(33)28-19(30)10-7-13-6-9-17(32-13)14-3-2-4-16(25)21(14)26/h2-4,6-7,9-10,12H,5,8,11H2,1H3,(H2,27,31)(H2,28,29,30,33). The highest BCUT2D eigenvalue weighted by Crippen LogP contribution is 2.39. The second-order valence-electron chi connectivity index (χ2n) is 8.00. The van der Waals surface area contributed by atoms with Crippen molar-refractivity contribution >= 4 is 74.8 Å². The van der Waals surface area contributed by atoms with E-state index in [-0.39, 0.29) is 5.11 Å². The third-order valence-corrected chi connectivity index (χ3v) is 7.66. The fraction of sp³-hybridized carbons (Fsp3) is 0.208. The first-order valence-corrected chi connectivity index (χ1v) is 12.5. The van der Waals surface area contributed by atoms with E-state index in [4.69, 9.17) is 45.6 Å². The van der Waals surface area contributed by atoms with Crippen LogP contribution < -0.4 is 16.4 Å². The molecule has 3 aromatic rings. The Hall–Kier alpha value is -2.65. The van der Waals surface area contributed by atoms with Crippen LogP contribution in [0.25, 0.3) is 17.4 Å². The van der Waals surface area contributed by atoms with Gasteiger partial charge in [-0.15, -0.1) is 11.3 Å². The first-order valence-electron chi connectivity index (χ1n) is 10.5. The third kappa shape index (κ3) is 5.36. The van der Waals surface area contributed by atoms with E-state index in [2.05, 4.69) is 17.6 Å². The third-order valence-electron chi connectivity index (χ3n) is 5.46. The molecule has 34 heavy (non-hydrogen) atoms. The largest absolute Gasteiger partial charge is 0.457 e. The molecule has 1 aliphatic carbocycles. The molecule has 176 valence electrons. The Kier molecular flexibility index (Phi) is 7.42. The van der Waals surface area contributed by atoms with Crippen LogP contribution in [-0.2, 0) is 17.6 Å². The Morgan fingerprint density at radius 1 is 1.26 bits per heavy atom. The second-order valence-corrected chi connectivity index (χ2v) is 10.3. The van der Waals surface area contributed by atoms with Crippen molar-refractivity contribution in [2.75, 3.05) is 5.32 Å². The molecule has 6 nitrogen and oxygen atoms in total. The van der Waals surface area contributed by atoms with Crippen molar-refractivity contribution in [2.24, 2.45) is 11.7 Å². The predicted molar refractivity (Wildman–Crippen MR) is 142 cm³/mol. The van der Waals surface area contributed by atoms with Crippen LogP contribution in [-0.4, -0.2) is 16.9 Å². The number of nitrogens with two attached hydrogens (primary N) is 1. The van der Waals surface area contributed by atoms with Crippen molar-refractivity contribution in [1.29, 1.82) is 0 Å². The van der Waals surface area contributed by atoms with E-state index in [0.717, 1.165) is 29.7 Å². The van der Waals surface area contributed by atoms with E-state index in [1.807, 2.05) is 0 Å². The van der Waals surface area contributed by atoms with Gasteiger partial charge in [0.2, 0.25) is 5.91 Å². The minimum Gasteiger partial charge on any atom is -0.457 e. The van der Waals surface area contributed by atoms with Gasteiger partial charge in [0.05, 0.1) is 15.6 Å². The SMILES string of the molecule is CC1CCc2c(sc(NC(=S)NC(=O)C=Cc3ccc(-c4cccc(Cl)c4Cl)o3)c2C(N)=O)C1. The molecule has 0 bridgehead atoms. The number of thiocarbonyl (C=S) groups is 1. The van der Waals surface area contributed by atoms with Crippen LogP contribution in [0.2, 0.25) is 10.0 Å². The van der Waals surface area contributed by atoms with E-state index in [1.54, 1.807) is 30.3 Å². The van der Waals surface area contributed by atoms with Crippen LogP contribution in [0.5, 0.6) is 0 Å². The summed E-state index contributed by atoms with van der Waals surface area (Å²) in [5, 5.41) is 7.00. The lowest BCUT2D eigenvalue weighted by molar-refractivity contribution is -0.115. The van der Waals surface area contributed by atoms with Gasteiger partial charge in [0.1, 0.15) is 16.5 Å². The number of rotatable bonds is 5. The summed E-state index contributed by atoms with van der Waals surface area (Å²) in [4.78, 5) is 25.6. The molecular formula is C24H21Cl2N3O3S2. The summed E-state index contributed by atoms with van der Waals surface area (Å²) in [7, 11) is 0. The Morgan fingerprint density at radius 3 is 2.82 bits per heavy atom. The van der Waals surface area contributed by atoms with Gasteiger partial charge in [-0.2, -0.15) is 0 Å². The molecule has 0 radical (unpaired) electrons. The van der Waals surface area contributed by atoms with Crippen molar-refractivity contribution < 1.29 is 14.0 Å². The minimum absolute atomic E-state index is 0.0784. The van der Waals surface area contributed by atoms with Crippen LogP contribution >= 0.6 is 46.8 Å². The Morgan fingerprint density at radius 2 is 2.06 bits per heavy atom. The second kappa shape index (κ2) is 10.3. The average molecular weight is 534 g/mol. The fourth-order valence-electron chi connectivity index (χ4n) is 3.83. The number of hydrogen-bond donors (Lipinski definition) is 3. The Balaban J connectivity index is 1.41. The van der Waals surface area contributed by atoms with Crippen LogP contribution in [0.3, 0.4) is 0 Å². The number of hydrogen-bond acceptors (Lipinski definition) is 5. The number of primary amides is 1. The van der Waals surface area contributed by atoms with Crippen LogP contribution in [0.4, 0.5) is 5.00 Å². The lowest BCUT2D eigenvalue weighted by Gasteiger charge is -2.18. The summed E-state index contributed by atoms with van der Waals surface area (Å²) in [5.74, 6) is 0.577. The van der Waals surface area contributed by atoms with Crippen molar-refractivity contribution in [3.63, 3.8) is 0 Å². The topological polar surface area (TPSA) is 97.4 Å². The molecule has 2 heterocycles. The van der Waals surface area contributed by atoms with Crippen molar-refractivity contribution in [3.8, 4) is 11.3 Å². The number of halogens is 2. The van der Waals surface area contributed by atoms with Crippen molar-refractivity contribution in [1.82, 2.24) is 5.32 Å². The maximum atomic E-state index is 12.4. The zero-order chi connectivity index (χ0) is 24.4. The molecule has 2 aromatic heterocycles. The number of furan rings is 1. The van der Waals surface area contributed by atoms with Gasteiger partial charge in [-0.25, -0.2) is 0 Å². The minimum atomic E-state index is -0.503. The van der Waals surface area contributed by atoms with Gasteiger partial charge in [0.15, 0.2) is 5.11 Å². The smallest absolute Gasteiger partial charge is 0.251 e. The van der Waals surface area contributed by atoms with Crippen LogP contribution in [0.15, 0.2) is 40.8 Å². The molecule has 1 aromatic carbocycles. The van der Waals surface area contributed by atoms with E-state index in [9.17, 15) is 9.59 Å². The average Bonchev–Trinajstić information content (AvgIpc) is 3.38. The number of thiophene rings is 1. The highest BCUT2D eigenvalue weighted by Gasteiger charge is 2.27. The zero-order valence-corrected chi connectivity index (χ0v) is 21.3. The molecule has 0 saturated heterocycles. The monoisotopic (exact) mass is 533 g/mol. The first kappa shape index (κ1) is 24.5. The van der Waals surface area contributed by atoms with Crippen molar-refractivity contribution in [3.05, 3.63) is 68.2 Å². The number of anilines is 1. The highest BCUT2D eigenvalue weighted by molar-refractivity contribution is 7.80. The van der Waals surface area contributed by atoms with Gasteiger partial charge in [-0.1, -0.05) is 36.2 Å². The van der Waals surface area contributed by atoms with Gasteiger partial charge >= 0.3 is 0 Å². The van der Waals surface area contributed by atoms with Gasteiger partial charge in [0, 0.05) is 16.5 Å². The molecule has 1 unspecified atom stereocenters. The molecule has 0 fully saturated rings. The van der Waals surface area contributed by atoms with Gasteiger partial charge in [-0.05, 0) is 73.3 Å². The summed E-state index contributed by atoms with van der Waals surface area (Å²) in [5.41, 5.74) is 7.73. The lowest BCUT2D eigenvalue weighted by Crippen LogP contribution is -2.33. The Labute approximate surface area is 216 Å². The molecule has 2 amide bonds. The van der Waals surface area contributed by atoms with Crippen LogP contribution in [0.1, 0.15) is 39.9 Å². The number of carbonyl (C=O) groups is 2. The van der Waals surface area contributed by atoms with Gasteiger partial charge < -0.3 is 15.5 Å². The van der Waals surface area contributed by atoms with E-state index >= 15 is 0 Å². The quantitative estimate of drug-likeness (QED) is 0.273. The van der Waals surface area contributed by atoms with E-state index in [0.29, 0.717) is 43.6 Å². The zero-order valence-electron chi connectivity index (χ0n) is 18.1. The highest BCUT2D eigenvalue weighted by atomic mass is 35.5. The number of nitrogens with one attached hydrogen (secondary N) is 2. The van der Waals surface area contributed by atoms with Gasteiger partial charge in [-0.3, -0.25) is 14.9 Å². The summed E-state index contributed by atoms with van der Waals surface area (Å²) >= 11 is 19.0. The fourth-order valence-corrected chi connectivity index (χ4v) is 5.91. The number of fused-ring (bicyclic) bond motifs is 1. The Bertz CT molecular complexity index is 1310. The molecule has 0 spiro atoms.